The molecule has 3 N–H and O–H groups in total. The van der Waals surface area contributed by atoms with Gasteiger partial charge in [0.2, 0.25) is 5.92 Å². The molecule has 16 heavy (non-hydrogen) atoms. The SMILES string of the molecule is NC(C(=O)O)C1(C2CCC(F)(F)CC2)CC1. The third-order valence-electron chi connectivity index (χ3n) is 4.24. The zero-order valence-corrected chi connectivity index (χ0v) is 9.09. The number of carboxylic acid groups (broad SMARTS) is 1. The molecular formula is C11H17F2NO2. The van der Waals surface area contributed by atoms with Crippen LogP contribution in [0, 0.1) is 11.3 Å². The molecule has 0 bridgehead atoms. The van der Waals surface area contributed by atoms with E-state index in [-0.39, 0.29) is 24.2 Å². The summed E-state index contributed by atoms with van der Waals surface area (Å²) in [5.74, 6) is -3.49. The minimum absolute atomic E-state index is 0.0678. The van der Waals surface area contributed by atoms with Gasteiger partial charge in [0.25, 0.3) is 0 Å². The minimum Gasteiger partial charge on any atom is -0.480 e. The Morgan fingerprint density at radius 2 is 1.75 bits per heavy atom. The molecule has 1 unspecified atom stereocenters. The minimum atomic E-state index is -2.56. The van der Waals surface area contributed by atoms with Crippen LogP contribution in [0.2, 0.25) is 0 Å². The average molecular weight is 233 g/mol. The fourth-order valence-electron chi connectivity index (χ4n) is 2.98. The highest BCUT2D eigenvalue weighted by Crippen LogP contribution is 2.59. The summed E-state index contributed by atoms with van der Waals surface area (Å²) in [5, 5.41) is 8.92. The fraction of sp³-hybridized carbons (Fsp3) is 0.909. The average Bonchev–Trinajstić information content (AvgIpc) is 2.97. The molecule has 0 aromatic carbocycles. The first kappa shape index (κ1) is 11.8. The van der Waals surface area contributed by atoms with Crippen LogP contribution in [0.5, 0.6) is 0 Å². The van der Waals surface area contributed by atoms with Crippen LogP contribution in [0.15, 0.2) is 0 Å². The van der Waals surface area contributed by atoms with Gasteiger partial charge in [-0.1, -0.05) is 0 Å². The highest BCUT2D eigenvalue weighted by Gasteiger charge is 2.57. The number of halogens is 2. The molecule has 2 aliphatic rings. The Balaban J connectivity index is 2.01. The summed E-state index contributed by atoms with van der Waals surface area (Å²) in [6.07, 6.45) is 2.13. The van der Waals surface area contributed by atoms with E-state index in [9.17, 15) is 13.6 Å². The van der Waals surface area contributed by atoms with Crippen molar-refractivity contribution in [3.63, 3.8) is 0 Å². The van der Waals surface area contributed by atoms with Gasteiger partial charge in [0.05, 0.1) is 0 Å². The van der Waals surface area contributed by atoms with Crippen LogP contribution >= 0.6 is 0 Å². The topological polar surface area (TPSA) is 63.3 Å². The molecule has 3 nitrogen and oxygen atoms in total. The second kappa shape index (κ2) is 3.65. The van der Waals surface area contributed by atoms with Crippen molar-refractivity contribution in [3.05, 3.63) is 0 Å². The Kier molecular flexibility index (Phi) is 2.69. The number of rotatable bonds is 3. The molecule has 0 amide bonds. The van der Waals surface area contributed by atoms with Gasteiger partial charge in [-0.2, -0.15) is 0 Å². The van der Waals surface area contributed by atoms with Gasteiger partial charge in [-0.3, -0.25) is 4.79 Å². The summed E-state index contributed by atoms with van der Waals surface area (Å²) in [5.41, 5.74) is 5.28. The Bertz CT molecular complexity index is 292. The molecule has 0 aromatic rings. The molecule has 2 fully saturated rings. The summed E-state index contributed by atoms with van der Waals surface area (Å²) < 4.78 is 26.0. The molecule has 2 rings (SSSR count). The smallest absolute Gasteiger partial charge is 0.321 e. The largest absolute Gasteiger partial charge is 0.480 e. The van der Waals surface area contributed by atoms with Crippen molar-refractivity contribution in [2.24, 2.45) is 17.1 Å². The second-order valence-corrected chi connectivity index (χ2v) is 5.18. The molecule has 0 aromatic heterocycles. The van der Waals surface area contributed by atoms with Crippen molar-refractivity contribution in [2.75, 3.05) is 0 Å². The van der Waals surface area contributed by atoms with Crippen molar-refractivity contribution in [2.45, 2.75) is 50.5 Å². The van der Waals surface area contributed by atoms with Crippen molar-refractivity contribution < 1.29 is 18.7 Å². The molecule has 0 aliphatic heterocycles. The first-order valence-electron chi connectivity index (χ1n) is 5.74. The first-order valence-corrected chi connectivity index (χ1v) is 5.74. The van der Waals surface area contributed by atoms with E-state index in [0.717, 1.165) is 12.8 Å². The summed E-state index contributed by atoms with van der Waals surface area (Å²) >= 11 is 0. The maximum Gasteiger partial charge on any atom is 0.321 e. The maximum absolute atomic E-state index is 13.0. The van der Waals surface area contributed by atoms with Crippen molar-refractivity contribution in [1.82, 2.24) is 0 Å². The molecular weight excluding hydrogens is 216 g/mol. The lowest BCUT2D eigenvalue weighted by atomic mass is 9.73. The van der Waals surface area contributed by atoms with Gasteiger partial charge in [0.1, 0.15) is 6.04 Å². The standard InChI is InChI=1S/C11H17F2NO2/c12-11(13)3-1-7(2-4-11)10(5-6-10)8(14)9(15)16/h7-8H,1-6,14H2,(H,15,16). The predicted octanol–water partition coefficient (Wildman–Crippen LogP) is 2.00. The van der Waals surface area contributed by atoms with Crippen molar-refractivity contribution in [3.8, 4) is 0 Å². The number of carbonyl (C=O) groups is 1. The van der Waals surface area contributed by atoms with Gasteiger partial charge >= 0.3 is 5.97 Å². The van der Waals surface area contributed by atoms with E-state index < -0.39 is 17.9 Å². The van der Waals surface area contributed by atoms with Gasteiger partial charge in [0.15, 0.2) is 0 Å². The number of alkyl halides is 2. The van der Waals surface area contributed by atoms with E-state index in [1.165, 1.54) is 0 Å². The van der Waals surface area contributed by atoms with Crippen LogP contribution in [0.1, 0.15) is 38.5 Å². The zero-order chi connectivity index (χ0) is 12.0. The number of aliphatic carboxylic acids is 1. The van der Waals surface area contributed by atoms with Crippen molar-refractivity contribution in [1.29, 1.82) is 0 Å². The van der Waals surface area contributed by atoms with Gasteiger partial charge in [-0.05, 0) is 37.0 Å². The molecule has 0 spiro atoms. The van der Waals surface area contributed by atoms with Crippen LogP contribution in [0.3, 0.4) is 0 Å². The second-order valence-electron chi connectivity index (χ2n) is 5.18. The zero-order valence-electron chi connectivity index (χ0n) is 9.09. The quantitative estimate of drug-likeness (QED) is 0.783. The maximum atomic E-state index is 13.0. The van der Waals surface area contributed by atoms with Crippen LogP contribution < -0.4 is 5.73 Å². The summed E-state index contributed by atoms with van der Waals surface area (Å²) in [7, 11) is 0. The third kappa shape index (κ3) is 1.93. The highest BCUT2D eigenvalue weighted by molar-refractivity contribution is 5.75. The van der Waals surface area contributed by atoms with Gasteiger partial charge < -0.3 is 10.8 Å². The lowest BCUT2D eigenvalue weighted by molar-refractivity contribution is -0.141. The third-order valence-corrected chi connectivity index (χ3v) is 4.24. The van der Waals surface area contributed by atoms with Crippen LogP contribution in [0.4, 0.5) is 8.78 Å². The highest BCUT2D eigenvalue weighted by atomic mass is 19.3. The van der Waals surface area contributed by atoms with E-state index in [0.29, 0.717) is 12.8 Å². The van der Waals surface area contributed by atoms with E-state index in [1.54, 1.807) is 0 Å². The monoisotopic (exact) mass is 233 g/mol. The molecule has 0 radical (unpaired) electrons. The van der Waals surface area contributed by atoms with E-state index >= 15 is 0 Å². The van der Waals surface area contributed by atoms with Crippen LogP contribution in [0.25, 0.3) is 0 Å². The van der Waals surface area contributed by atoms with Gasteiger partial charge in [0, 0.05) is 12.8 Å². The number of carboxylic acids is 1. The molecule has 2 saturated carbocycles. The predicted molar refractivity (Wildman–Crippen MR) is 54.2 cm³/mol. The van der Waals surface area contributed by atoms with Gasteiger partial charge in [-0.15, -0.1) is 0 Å². The molecule has 0 heterocycles. The van der Waals surface area contributed by atoms with E-state index in [2.05, 4.69) is 0 Å². The number of hydrogen-bond acceptors (Lipinski definition) is 2. The number of hydrogen-bond donors (Lipinski definition) is 2. The van der Waals surface area contributed by atoms with Crippen LogP contribution in [-0.2, 0) is 4.79 Å². The number of nitrogens with two attached hydrogens (primary N) is 1. The Morgan fingerprint density at radius 3 is 2.12 bits per heavy atom. The molecule has 5 heteroatoms. The molecule has 0 saturated heterocycles. The summed E-state index contributed by atoms with van der Waals surface area (Å²) in [4.78, 5) is 10.9. The van der Waals surface area contributed by atoms with Crippen LogP contribution in [-0.4, -0.2) is 23.0 Å². The normalized spacial score (nSPS) is 29.7. The molecule has 2 aliphatic carbocycles. The summed E-state index contributed by atoms with van der Waals surface area (Å²) in [6, 6.07) is -0.885. The Hall–Kier alpha value is -0.710. The van der Waals surface area contributed by atoms with Gasteiger partial charge in [-0.25, -0.2) is 8.78 Å². The lowest BCUT2D eigenvalue weighted by Crippen LogP contribution is -2.45. The van der Waals surface area contributed by atoms with E-state index in [4.69, 9.17) is 10.8 Å². The fourth-order valence-corrected chi connectivity index (χ4v) is 2.98. The Morgan fingerprint density at radius 1 is 1.25 bits per heavy atom. The first-order chi connectivity index (χ1) is 7.37. The summed E-state index contributed by atoms with van der Waals surface area (Å²) in [6.45, 7) is 0. The molecule has 1 atom stereocenters. The Labute approximate surface area is 93.0 Å². The van der Waals surface area contributed by atoms with E-state index in [1.807, 2.05) is 0 Å². The lowest BCUT2D eigenvalue weighted by Gasteiger charge is -2.35. The molecule has 92 valence electrons. The van der Waals surface area contributed by atoms with Crippen molar-refractivity contribution >= 4 is 5.97 Å².